The number of primary amides is 1. The van der Waals surface area contributed by atoms with Gasteiger partial charge in [-0.25, -0.2) is 0 Å². The van der Waals surface area contributed by atoms with Crippen LogP contribution in [0.5, 0.6) is 0 Å². The number of hydrogen-bond donors (Lipinski definition) is 4. The van der Waals surface area contributed by atoms with Crippen LogP contribution in [0.4, 0.5) is 0 Å². The number of likely N-dealkylation sites (N-methyl/N-ethyl adjacent to an activating group) is 1. The van der Waals surface area contributed by atoms with Crippen LogP contribution in [0.1, 0.15) is 6.92 Å². The van der Waals surface area contributed by atoms with Crippen LogP contribution in [-0.2, 0) is 9.59 Å². The average Bonchev–Trinajstić information content (AvgIpc) is 2.48. The first kappa shape index (κ1) is 9.37. The van der Waals surface area contributed by atoms with Crippen molar-refractivity contribution in [1.29, 1.82) is 0 Å². The molecular formula is C7H12N4O2. The maximum Gasteiger partial charge on any atom is 0.266 e. The van der Waals surface area contributed by atoms with Crippen LogP contribution in [0.2, 0.25) is 0 Å². The second-order valence-corrected chi connectivity index (χ2v) is 2.90. The maximum atomic E-state index is 11.3. The van der Waals surface area contributed by atoms with Crippen LogP contribution in [-0.4, -0.2) is 24.5 Å². The summed E-state index contributed by atoms with van der Waals surface area (Å²) in [4.78, 5) is 22.0. The van der Waals surface area contributed by atoms with E-state index in [0.29, 0.717) is 0 Å². The van der Waals surface area contributed by atoms with E-state index in [1.807, 2.05) is 0 Å². The van der Waals surface area contributed by atoms with Crippen molar-refractivity contribution in [2.75, 3.05) is 7.05 Å². The van der Waals surface area contributed by atoms with E-state index in [0.717, 1.165) is 0 Å². The number of carbonyl (C=O) groups excluding carboxylic acids is 2. The summed E-state index contributed by atoms with van der Waals surface area (Å²) in [5.74, 6) is -0.861. The molecule has 6 heteroatoms. The fraction of sp³-hybridized carbons (Fsp3) is 0.429. The van der Waals surface area contributed by atoms with Crippen LogP contribution in [0.15, 0.2) is 11.9 Å². The lowest BCUT2D eigenvalue weighted by Gasteiger charge is -2.24. The van der Waals surface area contributed by atoms with Gasteiger partial charge in [-0.05, 0) is 6.92 Å². The summed E-state index contributed by atoms with van der Waals surface area (Å²) in [6.45, 7) is 1.61. The van der Waals surface area contributed by atoms with Gasteiger partial charge in [-0.1, -0.05) is 0 Å². The summed E-state index contributed by atoms with van der Waals surface area (Å²) in [5.41, 5.74) is 4.23. The Balaban J connectivity index is 2.72. The molecule has 13 heavy (non-hydrogen) atoms. The molecular weight excluding hydrogens is 172 g/mol. The third-order valence-corrected chi connectivity index (χ3v) is 1.84. The number of carbonyl (C=O) groups is 2. The summed E-state index contributed by atoms with van der Waals surface area (Å²) in [7, 11) is 1.51. The van der Waals surface area contributed by atoms with E-state index in [1.54, 1.807) is 6.92 Å². The molecule has 1 aliphatic heterocycles. The summed E-state index contributed by atoms with van der Waals surface area (Å²) < 4.78 is 0. The molecule has 2 amide bonds. The molecule has 1 heterocycles. The quantitative estimate of drug-likeness (QED) is 0.398. The van der Waals surface area contributed by atoms with Crippen LogP contribution >= 0.6 is 0 Å². The molecule has 5 N–H and O–H groups in total. The standard InChI is InChI=1S/C7H12N4O2/c1-7(6(13)9-2)10-3-4(11-7)5(8)12/h3,10-11H,1-2H3,(H2,8,12)(H,9,13). The predicted octanol–water partition coefficient (Wildman–Crippen LogP) is -2.03. The highest BCUT2D eigenvalue weighted by Crippen LogP contribution is 2.09. The van der Waals surface area contributed by atoms with Gasteiger partial charge in [0.2, 0.25) is 0 Å². The molecule has 0 aromatic heterocycles. The third kappa shape index (κ3) is 1.56. The van der Waals surface area contributed by atoms with Crippen molar-refractivity contribution in [2.24, 2.45) is 5.73 Å². The molecule has 1 aliphatic rings. The van der Waals surface area contributed by atoms with E-state index in [2.05, 4.69) is 16.0 Å². The fourth-order valence-corrected chi connectivity index (χ4v) is 1.06. The lowest BCUT2D eigenvalue weighted by molar-refractivity contribution is -0.126. The van der Waals surface area contributed by atoms with Crippen LogP contribution in [0.25, 0.3) is 0 Å². The number of rotatable bonds is 2. The summed E-state index contributed by atoms with van der Waals surface area (Å²) in [6.07, 6.45) is 1.39. The van der Waals surface area contributed by atoms with Crippen LogP contribution in [0.3, 0.4) is 0 Å². The van der Waals surface area contributed by atoms with Crippen molar-refractivity contribution >= 4 is 11.8 Å². The number of hydrogen-bond acceptors (Lipinski definition) is 4. The van der Waals surface area contributed by atoms with Crippen molar-refractivity contribution in [3.05, 3.63) is 11.9 Å². The van der Waals surface area contributed by atoms with Crippen LogP contribution < -0.4 is 21.7 Å². The molecule has 0 saturated heterocycles. The monoisotopic (exact) mass is 184 g/mol. The molecule has 0 saturated carbocycles. The van der Waals surface area contributed by atoms with Gasteiger partial charge in [0.25, 0.3) is 11.8 Å². The fourth-order valence-electron chi connectivity index (χ4n) is 1.06. The molecule has 0 radical (unpaired) electrons. The highest BCUT2D eigenvalue weighted by molar-refractivity contribution is 5.95. The minimum atomic E-state index is -0.987. The van der Waals surface area contributed by atoms with Gasteiger partial charge >= 0.3 is 0 Å². The van der Waals surface area contributed by atoms with E-state index >= 15 is 0 Å². The molecule has 6 nitrogen and oxygen atoms in total. The molecule has 1 rings (SSSR count). The first-order valence-electron chi connectivity index (χ1n) is 3.77. The van der Waals surface area contributed by atoms with Gasteiger partial charge in [-0.3, -0.25) is 9.59 Å². The smallest absolute Gasteiger partial charge is 0.266 e. The van der Waals surface area contributed by atoms with Gasteiger partial charge < -0.3 is 21.7 Å². The largest absolute Gasteiger partial charge is 0.364 e. The molecule has 0 aromatic carbocycles. The number of nitrogens with two attached hydrogens (primary N) is 1. The SMILES string of the molecule is CNC(=O)C1(C)NC=C(C(N)=O)N1. The zero-order valence-electron chi connectivity index (χ0n) is 7.47. The van der Waals surface area contributed by atoms with Gasteiger partial charge in [0.1, 0.15) is 5.70 Å². The first-order chi connectivity index (χ1) is 5.99. The van der Waals surface area contributed by atoms with Gasteiger partial charge in [-0.2, -0.15) is 0 Å². The van der Waals surface area contributed by atoms with Crippen molar-refractivity contribution in [3.63, 3.8) is 0 Å². The summed E-state index contributed by atoms with van der Waals surface area (Å²) in [5, 5.41) is 7.87. The van der Waals surface area contributed by atoms with E-state index < -0.39 is 11.6 Å². The molecule has 72 valence electrons. The molecule has 0 bridgehead atoms. The molecule has 0 spiro atoms. The molecule has 0 aromatic rings. The van der Waals surface area contributed by atoms with E-state index in [4.69, 9.17) is 5.73 Å². The highest BCUT2D eigenvalue weighted by atomic mass is 16.2. The number of nitrogens with one attached hydrogen (secondary N) is 3. The van der Waals surface area contributed by atoms with Crippen molar-refractivity contribution in [3.8, 4) is 0 Å². The maximum absolute atomic E-state index is 11.3. The lowest BCUT2D eigenvalue weighted by atomic mass is 10.2. The van der Waals surface area contributed by atoms with E-state index in [-0.39, 0.29) is 11.6 Å². The summed E-state index contributed by atoms with van der Waals surface area (Å²) >= 11 is 0. The van der Waals surface area contributed by atoms with Crippen molar-refractivity contribution in [2.45, 2.75) is 12.6 Å². The molecule has 0 aliphatic carbocycles. The third-order valence-electron chi connectivity index (χ3n) is 1.84. The minimum Gasteiger partial charge on any atom is -0.364 e. The zero-order valence-corrected chi connectivity index (χ0v) is 7.47. The predicted molar refractivity (Wildman–Crippen MR) is 46.0 cm³/mol. The van der Waals surface area contributed by atoms with Crippen LogP contribution in [0, 0.1) is 0 Å². The summed E-state index contributed by atoms with van der Waals surface area (Å²) in [6, 6.07) is 0. The Morgan fingerprint density at radius 2 is 2.23 bits per heavy atom. The van der Waals surface area contributed by atoms with Gasteiger partial charge in [0.15, 0.2) is 5.66 Å². The Bertz CT molecular complexity index is 286. The minimum absolute atomic E-state index is 0.200. The Morgan fingerprint density at radius 3 is 2.62 bits per heavy atom. The molecule has 1 unspecified atom stereocenters. The Hall–Kier alpha value is -1.72. The second kappa shape index (κ2) is 2.96. The first-order valence-corrected chi connectivity index (χ1v) is 3.77. The molecule has 0 fully saturated rings. The Morgan fingerprint density at radius 1 is 1.62 bits per heavy atom. The van der Waals surface area contributed by atoms with E-state index in [9.17, 15) is 9.59 Å². The van der Waals surface area contributed by atoms with Crippen molar-refractivity contribution in [1.82, 2.24) is 16.0 Å². The number of amides is 2. The van der Waals surface area contributed by atoms with Gasteiger partial charge in [-0.15, -0.1) is 0 Å². The molecule has 1 atom stereocenters. The van der Waals surface area contributed by atoms with Gasteiger partial charge in [0.05, 0.1) is 0 Å². The van der Waals surface area contributed by atoms with Crippen molar-refractivity contribution < 1.29 is 9.59 Å². The zero-order chi connectivity index (χ0) is 10.1. The average molecular weight is 184 g/mol. The highest BCUT2D eigenvalue weighted by Gasteiger charge is 2.36. The Labute approximate surface area is 75.5 Å². The second-order valence-electron chi connectivity index (χ2n) is 2.90. The topological polar surface area (TPSA) is 96.2 Å². The normalized spacial score (nSPS) is 25.5. The lowest BCUT2D eigenvalue weighted by Crippen LogP contribution is -2.58. The van der Waals surface area contributed by atoms with E-state index in [1.165, 1.54) is 13.2 Å². The van der Waals surface area contributed by atoms with Gasteiger partial charge in [0, 0.05) is 13.2 Å². The Kier molecular flexibility index (Phi) is 2.14.